The van der Waals surface area contributed by atoms with Gasteiger partial charge in [-0.1, -0.05) is 46.8 Å². The normalized spacial score (nSPS) is 16.7. The Morgan fingerprint density at radius 3 is 2.93 bits per heavy atom. The van der Waals surface area contributed by atoms with E-state index in [0.29, 0.717) is 55.9 Å². The minimum absolute atomic E-state index is 0.0354. The molecular formula is C27H24ClN7O4S3. The Kier molecular flexibility index (Phi) is 9.22. The van der Waals surface area contributed by atoms with Crippen LogP contribution in [0.25, 0.3) is 0 Å². The van der Waals surface area contributed by atoms with Crippen molar-refractivity contribution in [2.24, 2.45) is 5.73 Å². The van der Waals surface area contributed by atoms with Gasteiger partial charge >= 0.3 is 5.97 Å². The summed E-state index contributed by atoms with van der Waals surface area (Å²) in [5.74, 6) is -1.13. The van der Waals surface area contributed by atoms with E-state index >= 15 is 0 Å². The van der Waals surface area contributed by atoms with E-state index in [0.717, 1.165) is 5.56 Å². The molecule has 5 rings (SSSR count). The summed E-state index contributed by atoms with van der Waals surface area (Å²) in [6, 6.07) is 9.31. The zero-order chi connectivity index (χ0) is 29.8. The number of thioether (sulfide) groups is 1. The molecule has 3 heterocycles. The van der Waals surface area contributed by atoms with Crippen LogP contribution in [-0.2, 0) is 25.5 Å². The number of amides is 1. The highest BCUT2D eigenvalue weighted by Gasteiger charge is 2.41. The van der Waals surface area contributed by atoms with E-state index in [1.165, 1.54) is 34.4 Å². The van der Waals surface area contributed by atoms with Crippen LogP contribution in [-0.4, -0.2) is 45.2 Å². The maximum absolute atomic E-state index is 13.3. The second-order valence-electron chi connectivity index (χ2n) is 9.18. The Morgan fingerprint density at radius 1 is 1.33 bits per heavy atom. The smallest absolute Gasteiger partial charge is 0.311 e. The number of ether oxygens (including phenoxy) is 1. The molecular weight excluding hydrogens is 618 g/mol. The second-order valence-corrected chi connectivity index (χ2v) is 12.7. The molecule has 0 saturated heterocycles. The lowest BCUT2D eigenvalue weighted by Crippen LogP contribution is -2.38. The number of Topliss-reactive ketones (excluding diaryl/α,β-unsaturated/α-hetero) is 1. The van der Waals surface area contributed by atoms with Crippen LogP contribution in [0.5, 0.6) is 0 Å². The summed E-state index contributed by atoms with van der Waals surface area (Å²) in [4.78, 5) is 43.4. The number of esters is 1. The molecule has 15 heteroatoms. The summed E-state index contributed by atoms with van der Waals surface area (Å²) in [6.45, 7) is 2.02. The summed E-state index contributed by atoms with van der Waals surface area (Å²) in [5, 5.41) is 24.4. The van der Waals surface area contributed by atoms with E-state index in [2.05, 4.69) is 26.6 Å². The molecule has 1 aliphatic heterocycles. The third kappa shape index (κ3) is 6.34. The Balaban J connectivity index is 1.32. The molecule has 0 saturated carbocycles. The molecule has 0 fully saturated rings. The van der Waals surface area contributed by atoms with Gasteiger partial charge in [-0.3, -0.25) is 19.3 Å². The molecule has 1 atom stereocenters. The predicted molar refractivity (Wildman–Crippen MR) is 161 cm³/mol. The fourth-order valence-corrected chi connectivity index (χ4v) is 7.37. The molecule has 0 spiro atoms. The first-order valence-electron chi connectivity index (χ1n) is 12.9. The van der Waals surface area contributed by atoms with Gasteiger partial charge in [-0.2, -0.15) is 5.26 Å². The molecule has 1 aliphatic carbocycles. The molecule has 3 aromatic rings. The number of anilines is 2. The topological polar surface area (TPSA) is 164 Å². The van der Waals surface area contributed by atoms with Gasteiger partial charge in [0.05, 0.1) is 42.0 Å². The number of halogens is 1. The number of nitrogens with two attached hydrogens (primary N) is 1. The third-order valence-corrected chi connectivity index (χ3v) is 9.52. The number of allylic oxidation sites excluding steroid dienone is 3. The molecule has 1 aromatic carbocycles. The van der Waals surface area contributed by atoms with Crippen LogP contribution in [0.2, 0.25) is 5.02 Å². The standard InChI is InChI=1S/C27H24ClN7O4S3/c1-2-39-21(38)10-16-12-40-25(31-16)32-20(37)13-41-27-34-33-26(42-27)35-18-7-4-8-19(36)23(18)22(17(11-29)24(35)30)14-5-3-6-15(28)9-14/h3,5-6,9,12,22H,2,4,7-8,10,13,30H2,1H3,(H,31,32,37). The minimum atomic E-state index is -0.623. The van der Waals surface area contributed by atoms with Crippen molar-refractivity contribution < 1.29 is 19.1 Å². The lowest BCUT2D eigenvalue weighted by atomic mass is 9.76. The van der Waals surface area contributed by atoms with Crippen LogP contribution in [0.15, 0.2) is 56.6 Å². The highest BCUT2D eigenvalue weighted by Crippen LogP contribution is 2.47. The number of nitrogens with zero attached hydrogens (tertiary/aromatic N) is 5. The van der Waals surface area contributed by atoms with Gasteiger partial charge < -0.3 is 15.8 Å². The van der Waals surface area contributed by atoms with E-state index in [4.69, 9.17) is 22.1 Å². The zero-order valence-electron chi connectivity index (χ0n) is 22.3. The lowest BCUT2D eigenvalue weighted by Gasteiger charge is -2.38. The molecule has 2 aromatic heterocycles. The first kappa shape index (κ1) is 29.7. The molecule has 216 valence electrons. The Hall–Kier alpha value is -3.77. The average Bonchev–Trinajstić information content (AvgIpc) is 3.61. The number of rotatable bonds is 9. The van der Waals surface area contributed by atoms with E-state index in [9.17, 15) is 19.6 Å². The maximum Gasteiger partial charge on any atom is 0.311 e. The summed E-state index contributed by atoms with van der Waals surface area (Å²) in [5.41, 5.74) is 9.28. The highest BCUT2D eigenvalue weighted by molar-refractivity contribution is 8.01. The number of nitrogens with one attached hydrogen (secondary N) is 1. The number of ketones is 1. The minimum Gasteiger partial charge on any atom is -0.466 e. The van der Waals surface area contributed by atoms with Crippen molar-refractivity contribution in [1.82, 2.24) is 15.2 Å². The molecule has 1 amide bonds. The largest absolute Gasteiger partial charge is 0.466 e. The molecule has 11 nitrogen and oxygen atoms in total. The number of benzene rings is 1. The van der Waals surface area contributed by atoms with Gasteiger partial charge in [0.25, 0.3) is 0 Å². The monoisotopic (exact) mass is 641 g/mol. The molecule has 3 N–H and O–H groups in total. The summed E-state index contributed by atoms with van der Waals surface area (Å²) >= 11 is 9.86. The predicted octanol–water partition coefficient (Wildman–Crippen LogP) is 4.79. The zero-order valence-corrected chi connectivity index (χ0v) is 25.5. The van der Waals surface area contributed by atoms with Gasteiger partial charge in [0.15, 0.2) is 15.3 Å². The van der Waals surface area contributed by atoms with Crippen LogP contribution in [0.3, 0.4) is 0 Å². The van der Waals surface area contributed by atoms with Gasteiger partial charge in [0, 0.05) is 28.1 Å². The van der Waals surface area contributed by atoms with Gasteiger partial charge in [-0.15, -0.1) is 21.5 Å². The number of aromatic nitrogens is 3. The van der Waals surface area contributed by atoms with E-state index in [1.807, 2.05) is 6.07 Å². The summed E-state index contributed by atoms with van der Waals surface area (Å²) in [7, 11) is 0. The quantitative estimate of drug-likeness (QED) is 0.244. The Labute approximate surface area is 258 Å². The fourth-order valence-electron chi connectivity index (χ4n) is 4.76. The number of hydrogen-bond acceptors (Lipinski definition) is 13. The number of nitriles is 1. The first-order chi connectivity index (χ1) is 20.3. The maximum atomic E-state index is 13.3. The van der Waals surface area contributed by atoms with Crippen molar-refractivity contribution in [1.29, 1.82) is 5.26 Å². The molecule has 0 bridgehead atoms. The van der Waals surface area contributed by atoms with Crippen molar-refractivity contribution in [3.63, 3.8) is 0 Å². The van der Waals surface area contributed by atoms with Gasteiger partial charge in [-0.25, -0.2) is 4.98 Å². The van der Waals surface area contributed by atoms with Gasteiger partial charge in [0.1, 0.15) is 5.82 Å². The van der Waals surface area contributed by atoms with Crippen LogP contribution in [0.4, 0.5) is 10.3 Å². The van der Waals surface area contributed by atoms with Gasteiger partial charge in [0.2, 0.25) is 11.0 Å². The van der Waals surface area contributed by atoms with Crippen LogP contribution in [0.1, 0.15) is 43.4 Å². The van der Waals surface area contributed by atoms with Crippen molar-refractivity contribution in [3.05, 3.63) is 68.6 Å². The van der Waals surface area contributed by atoms with E-state index in [-0.39, 0.29) is 47.8 Å². The van der Waals surface area contributed by atoms with Crippen molar-refractivity contribution in [3.8, 4) is 6.07 Å². The van der Waals surface area contributed by atoms with Crippen LogP contribution < -0.4 is 16.0 Å². The Bertz CT molecular complexity index is 1660. The molecule has 42 heavy (non-hydrogen) atoms. The molecule has 2 aliphatic rings. The second kappa shape index (κ2) is 13.0. The summed E-state index contributed by atoms with van der Waals surface area (Å²) in [6.07, 6.45) is 1.63. The SMILES string of the molecule is CCOC(=O)Cc1csc(NC(=O)CSc2nnc(N3C(N)=C(C#N)C(c4cccc(Cl)c4)C4=C3CCCC4=O)s2)n1. The van der Waals surface area contributed by atoms with Crippen LogP contribution in [0, 0.1) is 11.3 Å². The lowest BCUT2D eigenvalue weighted by molar-refractivity contribution is -0.142. The van der Waals surface area contributed by atoms with Crippen molar-refractivity contribution in [2.45, 2.75) is 42.9 Å². The number of carbonyl (C=O) groups is 3. The van der Waals surface area contributed by atoms with E-state index < -0.39 is 5.92 Å². The summed E-state index contributed by atoms with van der Waals surface area (Å²) < 4.78 is 5.43. The number of carbonyl (C=O) groups excluding carboxylic acids is 3. The number of thiazole rings is 1. The Morgan fingerprint density at radius 2 is 2.17 bits per heavy atom. The van der Waals surface area contributed by atoms with Crippen molar-refractivity contribution >= 4 is 74.0 Å². The third-order valence-electron chi connectivity index (χ3n) is 6.44. The van der Waals surface area contributed by atoms with Gasteiger partial charge in [-0.05, 0) is 37.5 Å². The number of hydrogen-bond donors (Lipinski definition) is 2. The average molecular weight is 642 g/mol. The molecule has 1 unspecified atom stereocenters. The first-order valence-corrected chi connectivity index (χ1v) is 15.9. The fraction of sp³-hybridized carbons (Fsp3) is 0.296. The van der Waals surface area contributed by atoms with Crippen molar-refractivity contribution in [2.75, 3.05) is 22.6 Å². The van der Waals surface area contributed by atoms with Crippen LogP contribution >= 0.6 is 46.0 Å². The van der Waals surface area contributed by atoms with E-state index in [1.54, 1.807) is 35.4 Å². The highest BCUT2D eigenvalue weighted by atomic mass is 35.5. The molecule has 0 radical (unpaired) electrons.